The molecule has 1 aliphatic rings. The highest BCUT2D eigenvalue weighted by Gasteiger charge is 2.21. The molecule has 82 valence electrons. The van der Waals surface area contributed by atoms with E-state index in [-0.39, 0.29) is 5.91 Å². The number of carbonyl (C=O) groups excluding carboxylic acids is 1. The summed E-state index contributed by atoms with van der Waals surface area (Å²) >= 11 is 1.19. The highest BCUT2D eigenvalue weighted by molar-refractivity contribution is 7.08. The number of amides is 1. The molecule has 0 radical (unpaired) electrons. The van der Waals surface area contributed by atoms with Gasteiger partial charge in [-0.2, -0.15) is 0 Å². The fraction of sp³-hybridized carbons (Fsp3) is 0.700. The zero-order chi connectivity index (χ0) is 10.7. The van der Waals surface area contributed by atoms with Crippen molar-refractivity contribution >= 4 is 17.4 Å². The maximum atomic E-state index is 11.9. The quantitative estimate of drug-likeness (QED) is 0.853. The molecular weight excluding hydrogens is 210 g/mol. The molecule has 1 fully saturated rings. The Bertz CT molecular complexity index is 344. The summed E-state index contributed by atoms with van der Waals surface area (Å²) in [6, 6.07) is 0.365. The molecule has 1 saturated carbocycles. The van der Waals surface area contributed by atoms with Crippen molar-refractivity contribution in [2.45, 2.75) is 45.1 Å². The Morgan fingerprint density at radius 1 is 1.53 bits per heavy atom. The summed E-state index contributed by atoms with van der Waals surface area (Å²) in [5.41, 5.74) is 0.815. The molecule has 0 spiro atoms. The van der Waals surface area contributed by atoms with Crippen molar-refractivity contribution < 1.29 is 4.79 Å². The van der Waals surface area contributed by atoms with Crippen LogP contribution in [0.1, 0.15) is 48.0 Å². The number of nitrogens with one attached hydrogen (secondary N) is 1. The number of rotatable bonds is 3. The normalized spacial score (nSPS) is 16.9. The smallest absolute Gasteiger partial charge is 0.265 e. The molecule has 1 aromatic rings. The Balaban J connectivity index is 2.00. The van der Waals surface area contributed by atoms with Crippen molar-refractivity contribution in [1.29, 1.82) is 0 Å². The lowest BCUT2D eigenvalue weighted by atomic mass is 10.2. The second-order valence-corrected chi connectivity index (χ2v) is 4.61. The van der Waals surface area contributed by atoms with E-state index in [0.29, 0.717) is 10.9 Å². The molecule has 2 rings (SSSR count). The molecule has 0 atom stereocenters. The molecule has 1 heterocycles. The van der Waals surface area contributed by atoms with Crippen molar-refractivity contribution in [3.63, 3.8) is 0 Å². The minimum absolute atomic E-state index is 0.00810. The van der Waals surface area contributed by atoms with Gasteiger partial charge in [0, 0.05) is 6.04 Å². The van der Waals surface area contributed by atoms with E-state index in [1.807, 2.05) is 6.92 Å². The highest BCUT2D eigenvalue weighted by atomic mass is 32.1. The minimum Gasteiger partial charge on any atom is -0.349 e. The van der Waals surface area contributed by atoms with Crippen LogP contribution >= 0.6 is 11.5 Å². The van der Waals surface area contributed by atoms with Gasteiger partial charge < -0.3 is 5.32 Å². The lowest BCUT2D eigenvalue weighted by Gasteiger charge is -2.10. The maximum Gasteiger partial charge on any atom is 0.265 e. The molecule has 0 bridgehead atoms. The first-order valence-corrected chi connectivity index (χ1v) is 6.20. The van der Waals surface area contributed by atoms with Crippen molar-refractivity contribution in [1.82, 2.24) is 14.9 Å². The van der Waals surface area contributed by atoms with E-state index in [1.165, 1.54) is 24.4 Å². The van der Waals surface area contributed by atoms with Crippen LogP contribution in [0.3, 0.4) is 0 Å². The van der Waals surface area contributed by atoms with E-state index >= 15 is 0 Å². The molecule has 0 saturated heterocycles. The van der Waals surface area contributed by atoms with Gasteiger partial charge in [0.1, 0.15) is 4.88 Å². The van der Waals surface area contributed by atoms with Crippen LogP contribution in [0.5, 0.6) is 0 Å². The van der Waals surface area contributed by atoms with Gasteiger partial charge in [-0.15, -0.1) is 5.10 Å². The van der Waals surface area contributed by atoms with E-state index < -0.39 is 0 Å². The molecule has 1 amide bonds. The first-order chi connectivity index (χ1) is 7.31. The molecule has 1 N–H and O–H groups in total. The van der Waals surface area contributed by atoms with Crippen molar-refractivity contribution in [3.05, 3.63) is 10.6 Å². The number of hydrogen-bond acceptors (Lipinski definition) is 4. The molecule has 4 nitrogen and oxygen atoms in total. The van der Waals surface area contributed by atoms with Crippen molar-refractivity contribution in [2.75, 3.05) is 0 Å². The summed E-state index contributed by atoms with van der Waals surface area (Å²) < 4.78 is 3.82. The van der Waals surface area contributed by atoms with E-state index in [4.69, 9.17) is 0 Å². The first kappa shape index (κ1) is 10.5. The standard InChI is InChI=1S/C10H15N3OS/c1-2-8-9(15-13-12-8)10(14)11-7-5-3-4-6-7/h7H,2-6H2,1H3,(H,11,14). The molecule has 1 aromatic heterocycles. The van der Waals surface area contributed by atoms with Gasteiger partial charge in [-0.05, 0) is 30.8 Å². The Morgan fingerprint density at radius 3 is 2.93 bits per heavy atom. The minimum atomic E-state index is 0.00810. The summed E-state index contributed by atoms with van der Waals surface area (Å²) in [5, 5.41) is 6.99. The maximum absolute atomic E-state index is 11.9. The molecular formula is C10H15N3OS. The topological polar surface area (TPSA) is 54.9 Å². The van der Waals surface area contributed by atoms with Gasteiger partial charge in [0.15, 0.2) is 0 Å². The first-order valence-electron chi connectivity index (χ1n) is 5.43. The van der Waals surface area contributed by atoms with Gasteiger partial charge in [-0.25, -0.2) is 0 Å². The highest BCUT2D eigenvalue weighted by Crippen LogP contribution is 2.19. The molecule has 5 heteroatoms. The fourth-order valence-corrected chi connectivity index (χ4v) is 2.59. The van der Waals surface area contributed by atoms with Crippen molar-refractivity contribution in [3.8, 4) is 0 Å². The molecule has 0 aromatic carbocycles. The number of carbonyl (C=O) groups is 1. The monoisotopic (exact) mass is 225 g/mol. The summed E-state index contributed by atoms with van der Waals surface area (Å²) in [6.07, 6.45) is 5.45. The Labute approximate surface area is 93.2 Å². The van der Waals surface area contributed by atoms with Crippen LogP contribution in [-0.4, -0.2) is 21.5 Å². The van der Waals surface area contributed by atoms with Gasteiger partial charge >= 0.3 is 0 Å². The number of nitrogens with zero attached hydrogens (tertiary/aromatic N) is 2. The zero-order valence-corrected chi connectivity index (χ0v) is 9.64. The third-order valence-corrected chi connectivity index (χ3v) is 3.55. The third kappa shape index (κ3) is 2.34. The van der Waals surface area contributed by atoms with Gasteiger partial charge in [0.2, 0.25) is 0 Å². The Kier molecular flexibility index (Phi) is 3.30. The molecule has 0 unspecified atom stereocenters. The Hall–Kier alpha value is -0.970. The SMILES string of the molecule is CCc1nnsc1C(=O)NC1CCCC1. The third-order valence-electron chi connectivity index (χ3n) is 2.79. The van der Waals surface area contributed by atoms with Crippen LogP contribution in [0.4, 0.5) is 0 Å². The fourth-order valence-electron chi connectivity index (χ4n) is 1.93. The Morgan fingerprint density at radius 2 is 2.27 bits per heavy atom. The lowest BCUT2D eigenvalue weighted by molar-refractivity contribution is 0.0941. The van der Waals surface area contributed by atoms with Crippen LogP contribution in [0.25, 0.3) is 0 Å². The van der Waals surface area contributed by atoms with E-state index in [0.717, 1.165) is 25.0 Å². The van der Waals surface area contributed by atoms with Crippen LogP contribution in [0.15, 0.2) is 0 Å². The molecule has 1 aliphatic carbocycles. The van der Waals surface area contributed by atoms with E-state index in [9.17, 15) is 4.79 Å². The number of aryl methyl sites for hydroxylation is 1. The molecule has 15 heavy (non-hydrogen) atoms. The summed E-state index contributed by atoms with van der Waals surface area (Å²) in [6.45, 7) is 1.99. The van der Waals surface area contributed by atoms with Crippen LogP contribution in [-0.2, 0) is 6.42 Å². The van der Waals surface area contributed by atoms with E-state index in [1.54, 1.807) is 0 Å². The largest absolute Gasteiger partial charge is 0.349 e. The second-order valence-electron chi connectivity index (χ2n) is 3.86. The number of aromatic nitrogens is 2. The summed E-state index contributed by atoms with van der Waals surface area (Å²) in [7, 11) is 0. The predicted octanol–water partition coefficient (Wildman–Crippen LogP) is 1.77. The average Bonchev–Trinajstić information content (AvgIpc) is 2.86. The van der Waals surface area contributed by atoms with Gasteiger partial charge in [-0.3, -0.25) is 4.79 Å². The zero-order valence-electron chi connectivity index (χ0n) is 8.82. The van der Waals surface area contributed by atoms with Gasteiger partial charge in [0.25, 0.3) is 5.91 Å². The number of hydrogen-bond donors (Lipinski definition) is 1. The average molecular weight is 225 g/mol. The van der Waals surface area contributed by atoms with Crippen molar-refractivity contribution in [2.24, 2.45) is 0 Å². The predicted molar refractivity (Wildman–Crippen MR) is 59.0 cm³/mol. The molecule has 0 aliphatic heterocycles. The summed E-state index contributed by atoms with van der Waals surface area (Å²) in [5.74, 6) is 0.00810. The van der Waals surface area contributed by atoms with Crippen LogP contribution in [0.2, 0.25) is 0 Å². The lowest BCUT2D eigenvalue weighted by Crippen LogP contribution is -2.32. The summed E-state index contributed by atoms with van der Waals surface area (Å²) in [4.78, 5) is 12.5. The van der Waals surface area contributed by atoms with Gasteiger partial charge in [0.05, 0.1) is 5.69 Å². The van der Waals surface area contributed by atoms with E-state index in [2.05, 4.69) is 14.9 Å². The second kappa shape index (κ2) is 4.70. The van der Waals surface area contributed by atoms with Gasteiger partial charge in [-0.1, -0.05) is 24.3 Å². The van der Waals surface area contributed by atoms with Crippen LogP contribution < -0.4 is 5.32 Å². The van der Waals surface area contributed by atoms with Crippen LogP contribution in [0, 0.1) is 0 Å².